The van der Waals surface area contributed by atoms with E-state index in [0.717, 1.165) is 24.0 Å². The molecule has 4 nitrogen and oxygen atoms in total. The third-order valence-corrected chi connectivity index (χ3v) is 4.15. The largest absolute Gasteiger partial charge is 0.394 e. The van der Waals surface area contributed by atoms with E-state index < -0.39 is 0 Å². The van der Waals surface area contributed by atoms with Crippen LogP contribution in [0.1, 0.15) is 19.8 Å². The van der Waals surface area contributed by atoms with Crippen LogP contribution >= 0.6 is 0 Å². The van der Waals surface area contributed by atoms with Crippen LogP contribution in [0.4, 0.5) is 0 Å². The second-order valence-corrected chi connectivity index (χ2v) is 5.48. The Labute approximate surface area is 113 Å². The van der Waals surface area contributed by atoms with E-state index >= 15 is 0 Å². The summed E-state index contributed by atoms with van der Waals surface area (Å²) < 4.78 is 2.02. The standard InChI is InChI=1S/C15H21N3O/c1-2-16-15(11-19,13-7-8-13)10-18-14-6-4-3-5-12(14)9-17-18/h3-6,9,13,16,19H,2,7-8,10-11H2,1H3. The van der Waals surface area contributed by atoms with Gasteiger partial charge in [-0.25, -0.2) is 0 Å². The summed E-state index contributed by atoms with van der Waals surface area (Å²) in [5.74, 6) is 0.570. The van der Waals surface area contributed by atoms with Crippen LogP contribution in [0.15, 0.2) is 30.5 Å². The highest BCUT2D eigenvalue weighted by molar-refractivity contribution is 5.78. The number of aliphatic hydroxyl groups is 1. The van der Waals surface area contributed by atoms with Crippen LogP contribution in [-0.4, -0.2) is 33.6 Å². The van der Waals surface area contributed by atoms with E-state index in [0.29, 0.717) is 5.92 Å². The fourth-order valence-corrected chi connectivity index (χ4v) is 2.97. The molecule has 0 saturated heterocycles. The van der Waals surface area contributed by atoms with Crippen molar-refractivity contribution in [1.82, 2.24) is 15.1 Å². The van der Waals surface area contributed by atoms with E-state index in [9.17, 15) is 5.11 Å². The molecule has 4 heteroatoms. The topological polar surface area (TPSA) is 50.1 Å². The SMILES string of the molecule is CCNC(CO)(Cn1ncc2ccccc21)C1CC1. The minimum Gasteiger partial charge on any atom is -0.394 e. The van der Waals surface area contributed by atoms with Crippen molar-refractivity contribution in [1.29, 1.82) is 0 Å². The van der Waals surface area contributed by atoms with Gasteiger partial charge < -0.3 is 10.4 Å². The zero-order valence-electron chi connectivity index (χ0n) is 11.3. The molecule has 1 aromatic heterocycles. The maximum atomic E-state index is 9.89. The number of rotatable bonds is 6. The second kappa shape index (κ2) is 4.94. The van der Waals surface area contributed by atoms with Crippen LogP contribution in [-0.2, 0) is 6.54 Å². The first-order valence-electron chi connectivity index (χ1n) is 7.05. The molecule has 1 heterocycles. The number of nitrogens with one attached hydrogen (secondary N) is 1. The summed E-state index contributed by atoms with van der Waals surface area (Å²) in [4.78, 5) is 0. The molecule has 0 bridgehead atoms. The molecule has 1 fully saturated rings. The van der Waals surface area contributed by atoms with Crippen LogP contribution in [0.2, 0.25) is 0 Å². The Morgan fingerprint density at radius 1 is 1.42 bits per heavy atom. The molecule has 1 unspecified atom stereocenters. The summed E-state index contributed by atoms with van der Waals surface area (Å²) in [6.45, 7) is 3.86. The summed E-state index contributed by atoms with van der Waals surface area (Å²) in [6, 6.07) is 8.22. The molecule has 2 aromatic rings. The number of benzene rings is 1. The van der Waals surface area contributed by atoms with Gasteiger partial charge in [-0.15, -0.1) is 0 Å². The van der Waals surface area contributed by atoms with Crippen molar-refractivity contribution < 1.29 is 5.11 Å². The normalized spacial score (nSPS) is 18.6. The molecule has 1 aliphatic carbocycles. The minimum atomic E-state index is -0.219. The van der Waals surface area contributed by atoms with Crippen LogP contribution in [0.5, 0.6) is 0 Å². The maximum Gasteiger partial charge on any atom is 0.0683 e. The predicted molar refractivity (Wildman–Crippen MR) is 76.0 cm³/mol. The van der Waals surface area contributed by atoms with Gasteiger partial charge >= 0.3 is 0 Å². The first-order chi connectivity index (χ1) is 9.29. The molecule has 1 aliphatic rings. The van der Waals surface area contributed by atoms with Gasteiger partial charge in [0.25, 0.3) is 0 Å². The Balaban J connectivity index is 1.93. The third kappa shape index (κ3) is 2.26. The molecule has 1 saturated carbocycles. The number of likely N-dealkylation sites (N-methyl/N-ethyl adjacent to an activating group) is 1. The molecule has 0 aliphatic heterocycles. The van der Waals surface area contributed by atoms with Gasteiger partial charge in [0.2, 0.25) is 0 Å². The van der Waals surface area contributed by atoms with E-state index in [-0.39, 0.29) is 12.1 Å². The Kier molecular flexibility index (Phi) is 3.29. The van der Waals surface area contributed by atoms with E-state index in [4.69, 9.17) is 0 Å². The van der Waals surface area contributed by atoms with Crippen molar-refractivity contribution in [3.05, 3.63) is 30.5 Å². The fourth-order valence-electron chi connectivity index (χ4n) is 2.97. The van der Waals surface area contributed by atoms with Crippen molar-refractivity contribution in [3.8, 4) is 0 Å². The molecular formula is C15H21N3O. The maximum absolute atomic E-state index is 9.89. The van der Waals surface area contributed by atoms with Gasteiger partial charge in [0.1, 0.15) is 0 Å². The number of aromatic nitrogens is 2. The molecule has 3 rings (SSSR count). The van der Waals surface area contributed by atoms with Gasteiger partial charge in [-0.05, 0) is 31.4 Å². The van der Waals surface area contributed by atoms with Crippen LogP contribution < -0.4 is 5.32 Å². The molecular weight excluding hydrogens is 238 g/mol. The number of aliphatic hydroxyl groups excluding tert-OH is 1. The number of nitrogens with zero attached hydrogens (tertiary/aromatic N) is 2. The monoisotopic (exact) mass is 259 g/mol. The smallest absolute Gasteiger partial charge is 0.0683 e. The van der Waals surface area contributed by atoms with Gasteiger partial charge in [0, 0.05) is 5.39 Å². The fraction of sp³-hybridized carbons (Fsp3) is 0.533. The van der Waals surface area contributed by atoms with Crippen LogP contribution in [0, 0.1) is 5.92 Å². The third-order valence-electron chi connectivity index (χ3n) is 4.15. The summed E-state index contributed by atoms with van der Waals surface area (Å²) in [5.41, 5.74) is 0.919. The lowest BCUT2D eigenvalue weighted by Gasteiger charge is -2.33. The molecule has 102 valence electrons. The van der Waals surface area contributed by atoms with Crippen molar-refractivity contribution in [3.63, 3.8) is 0 Å². The lowest BCUT2D eigenvalue weighted by molar-refractivity contribution is 0.121. The van der Waals surface area contributed by atoms with Gasteiger partial charge in [-0.2, -0.15) is 5.10 Å². The number of hydrogen-bond donors (Lipinski definition) is 2. The Bertz CT molecular complexity index is 561. The van der Waals surface area contributed by atoms with E-state index in [2.05, 4.69) is 29.5 Å². The van der Waals surface area contributed by atoms with Gasteiger partial charge in [-0.3, -0.25) is 4.68 Å². The lowest BCUT2D eigenvalue weighted by Crippen LogP contribution is -2.53. The molecule has 1 atom stereocenters. The number of fused-ring (bicyclic) bond motifs is 1. The summed E-state index contributed by atoms with van der Waals surface area (Å²) in [7, 11) is 0. The minimum absolute atomic E-state index is 0.166. The highest BCUT2D eigenvalue weighted by atomic mass is 16.3. The average molecular weight is 259 g/mol. The lowest BCUT2D eigenvalue weighted by atomic mass is 9.94. The summed E-state index contributed by atoms with van der Waals surface area (Å²) in [6.07, 6.45) is 4.30. The van der Waals surface area contributed by atoms with Crippen LogP contribution in [0.3, 0.4) is 0 Å². The Morgan fingerprint density at radius 3 is 2.89 bits per heavy atom. The average Bonchev–Trinajstić information content (AvgIpc) is 3.22. The summed E-state index contributed by atoms with van der Waals surface area (Å²) >= 11 is 0. The second-order valence-electron chi connectivity index (χ2n) is 5.48. The predicted octanol–water partition coefficient (Wildman–Crippen LogP) is 1.79. The quantitative estimate of drug-likeness (QED) is 0.831. The van der Waals surface area contributed by atoms with E-state index in [1.807, 2.05) is 23.0 Å². The molecule has 0 radical (unpaired) electrons. The van der Waals surface area contributed by atoms with Crippen LogP contribution in [0.25, 0.3) is 10.9 Å². The molecule has 19 heavy (non-hydrogen) atoms. The van der Waals surface area contributed by atoms with E-state index in [1.54, 1.807) is 0 Å². The number of para-hydroxylation sites is 1. The van der Waals surface area contributed by atoms with Crippen molar-refractivity contribution in [2.45, 2.75) is 31.8 Å². The molecule has 0 amide bonds. The Hall–Kier alpha value is -1.39. The first kappa shape index (κ1) is 12.6. The van der Waals surface area contributed by atoms with Gasteiger partial charge in [-0.1, -0.05) is 25.1 Å². The number of hydrogen-bond acceptors (Lipinski definition) is 3. The first-order valence-corrected chi connectivity index (χ1v) is 7.05. The zero-order chi connectivity index (χ0) is 13.3. The molecule has 1 aromatic carbocycles. The van der Waals surface area contributed by atoms with Crippen molar-refractivity contribution >= 4 is 10.9 Å². The van der Waals surface area contributed by atoms with Gasteiger partial charge in [0.05, 0.1) is 30.4 Å². The highest BCUT2D eigenvalue weighted by Gasteiger charge is 2.44. The molecule has 0 spiro atoms. The highest BCUT2D eigenvalue weighted by Crippen LogP contribution is 2.40. The van der Waals surface area contributed by atoms with E-state index in [1.165, 1.54) is 12.8 Å². The van der Waals surface area contributed by atoms with Crippen molar-refractivity contribution in [2.75, 3.05) is 13.2 Å². The Morgan fingerprint density at radius 2 is 2.21 bits per heavy atom. The zero-order valence-corrected chi connectivity index (χ0v) is 11.3. The summed E-state index contributed by atoms with van der Waals surface area (Å²) in [5, 5.41) is 19.0. The molecule has 2 N–H and O–H groups in total. The van der Waals surface area contributed by atoms with Crippen molar-refractivity contribution in [2.24, 2.45) is 5.92 Å². The van der Waals surface area contributed by atoms with Gasteiger partial charge in [0.15, 0.2) is 0 Å².